The van der Waals surface area contributed by atoms with Crippen LogP contribution in [0, 0.1) is 15.0 Å². The average Bonchev–Trinajstić information content (AvgIpc) is 2.15. The fraction of sp³-hybridized carbons (Fsp3) is 0.250. The number of nitriles is 1. The van der Waals surface area contributed by atoms with E-state index < -0.39 is 33.1 Å². The second kappa shape index (κ2) is 4.48. The molecule has 0 saturated heterocycles. The summed E-state index contributed by atoms with van der Waals surface area (Å²) in [7, 11) is 0. The number of pyridine rings is 1. The summed E-state index contributed by atoms with van der Waals surface area (Å²) < 4.78 is 61.1. The van der Waals surface area contributed by atoms with Gasteiger partial charge in [-0.2, -0.15) is 18.4 Å². The number of hydrogen-bond donors (Lipinski definition) is 0. The number of alkyl halides is 5. The summed E-state index contributed by atoms with van der Waals surface area (Å²) in [4.78, 5) is 3.10. The lowest BCUT2D eigenvalue weighted by Crippen LogP contribution is -2.11. The fourth-order valence-corrected chi connectivity index (χ4v) is 1.68. The Morgan fingerprint density at radius 2 is 1.94 bits per heavy atom. The van der Waals surface area contributed by atoms with Crippen LogP contribution in [-0.4, -0.2) is 4.98 Å². The van der Waals surface area contributed by atoms with Crippen LogP contribution in [0.3, 0.4) is 0 Å². The Kier molecular flexibility index (Phi) is 3.67. The van der Waals surface area contributed by atoms with Crippen molar-refractivity contribution < 1.29 is 22.0 Å². The zero-order valence-electron chi connectivity index (χ0n) is 7.32. The molecule has 2 nitrogen and oxygen atoms in total. The van der Waals surface area contributed by atoms with Crippen molar-refractivity contribution in [1.82, 2.24) is 4.98 Å². The Morgan fingerprint density at radius 3 is 2.31 bits per heavy atom. The first-order valence-electron chi connectivity index (χ1n) is 3.73. The zero-order valence-corrected chi connectivity index (χ0v) is 9.47. The summed E-state index contributed by atoms with van der Waals surface area (Å²) in [5.74, 6) is 0. The summed E-state index contributed by atoms with van der Waals surface area (Å²) in [6.45, 7) is 0. The predicted molar refractivity (Wildman–Crippen MR) is 51.6 cm³/mol. The first kappa shape index (κ1) is 13.1. The minimum atomic E-state index is -4.71. The second-order valence-corrected chi connectivity index (χ2v) is 3.69. The molecular formula is C8H2F5IN2. The molecule has 0 N–H and O–H groups in total. The van der Waals surface area contributed by atoms with E-state index >= 15 is 0 Å². The lowest BCUT2D eigenvalue weighted by Gasteiger charge is -2.10. The quantitative estimate of drug-likeness (QED) is 0.443. The van der Waals surface area contributed by atoms with Gasteiger partial charge in [0.05, 0.1) is 11.1 Å². The van der Waals surface area contributed by atoms with Crippen LogP contribution >= 0.6 is 22.6 Å². The molecule has 0 radical (unpaired) electrons. The van der Waals surface area contributed by atoms with Crippen molar-refractivity contribution in [3.63, 3.8) is 0 Å². The van der Waals surface area contributed by atoms with Crippen molar-refractivity contribution in [1.29, 1.82) is 5.26 Å². The van der Waals surface area contributed by atoms with E-state index in [1.807, 2.05) is 0 Å². The van der Waals surface area contributed by atoms with Crippen LogP contribution < -0.4 is 0 Å². The minimum absolute atomic E-state index is 0.385. The molecule has 0 amide bonds. The monoisotopic (exact) mass is 348 g/mol. The molecule has 0 spiro atoms. The molecule has 1 rings (SSSR count). The van der Waals surface area contributed by atoms with Gasteiger partial charge in [0.2, 0.25) is 0 Å². The summed E-state index contributed by atoms with van der Waals surface area (Å²) in [6.07, 6.45) is -7.79. The van der Waals surface area contributed by atoms with Crippen molar-refractivity contribution >= 4 is 22.6 Å². The van der Waals surface area contributed by atoms with E-state index in [2.05, 4.69) is 4.98 Å². The Balaban J connectivity index is 3.45. The highest BCUT2D eigenvalue weighted by Gasteiger charge is 2.35. The van der Waals surface area contributed by atoms with E-state index in [1.165, 1.54) is 28.7 Å². The van der Waals surface area contributed by atoms with Gasteiger partial charge >= 0.3 is 6.18 Å². The van der Waals surface area contributed by atoms with Crippen LogP contribution in [0.4, 0.5) is 22.0 Å². The van der Waals surface area contributed by atoms with E-state index in [0.29, 0.717) is 6.07 Å². The van der Waals surface area contributed by atoms with Gasteiger partial charge in [-0.1, -0.05) is 0 Å². The second-order valence-electron chi connectivity index (χ2n) is 2.67. The third kappa shape index (κ3) is 2.58. The molecule has 0 aromatic carbocycles. The van der Waals surface area contributed by atoms with E-state index in [1.54, 1.807) is 0 Å². The van der Waals surface area contributed by atoms with Crippen molar-refractivity contribution in [3.8, 4) is 6.07 Å². The molecule has 0 saturated carbocycles. The van der Waals surface area contributed by atoms with Gasteiger partial charge in [0.1, 0.15) is 15.5 Å². The lowest BCUT2D eigenvalue weighted by atomic mass is 10.1. The highest BCUT2D eigenvalue weighted by Crippen LogP contribution is 2.34. The van der Waals surface area contributed by atoms with Crippen molar-refractivity contribution in [2.45, 2.75) is 12.6 Å². The molecule has 0 atom stereocenters. The maximum Gasteiger partial charge on any atom is 0.418 e. The zero-order chi connectivity index (χ0) is 12.5. The maximum absolute atomic E-state index is 12.4. The summed E-state index contributed by atoms with van der Waals surface area (Å²) in [5.41, 5.74) is -2.88. The molecule has 0 aliphatic carbocycles. The Bertz CT molecular complexity index is 449. The van der Waals surface area contributed by atoms with E-state index in [9.17, 15) is 22.0 Å². The van der Waals surface area contributed by atoms with E-state index in [-0.39, 0.29) is 0 Å². The molecule has 1 heterocycles. The van der Waals surface area contributed by atoms with E-state index in [0.717, 1.165) is 0 Å². The Morgan fingerprint density at radius 1 is 1.38 bits per heavy atom. The van der Waals surface area contributed by atoms with E-state index in [4.69, 9.17) is 5.26 Å². The Labute approximate surface area is 100 Å². The van der Waals surface area contributed by atoms with Crippen LogP contribution in [0.5, 0.6) is 0 Å². The van der Waals surface area contributed by atoms with Crippen molar-refractivity contribution in [2.24, 2.45) is 0 Å². The lowest BCUT2D eigenvalue weighted by molar-refractivity contribution is -0.138. The summed E-state index contributed by atoms with van der Waals surface area (Å²) >= 11 is 1.20. The van der Waals surface area contributed by atoms with Crippen LogP contribution in [0.1, 0.15) is 23.2 Å². The smallest absolute Gasteiger partial charge is 0.239 e. The molecule has 8 heteroatoms. The van der Waals surface area contributed by atoms with Crippen LogP contribution in [0.25, 0.3) is 0 Å². The van der Waals surface area contributed by atoms with Gasteiger partial charge in [-0.05, 0) is 28.7 Å². The number of nitrogens with zero attached hydrogens (tertiary/aromatic N) is 2. The molecule has 1 aromatic heterocycles. The van der Waals surface area contributed by atoms with Gasteiger partial charge in [0.15, 0.2) is 0 Å². The van der Waals surface area contributed by atoms with Gasteiger partial charge < -0.3 is 0 Å². The number of aromatic nitrogens is 1. The van der Waals surface area contributed by atoms with Gasteiger partial charge in [-0.25, -0.2) is 13.8 Å². The summed E-state index contributed by atoms with van der Waals surface area (Å²) in [5, 5.41) is 8.46. The van der Waals surface area contributed by atoms with Crippen molar-refractivity contribution in [2.75, 3.05) is 0 Å². The van der Waals surface area contributed by atoms with Gasteiger partial charge in [-0.15, -0.1) is 0 Å². The number of halogens is 6. The Hall–Kier alpha value is -0.980. The molecule has 0 unspecified atom stereocenters. The number of rotatable bonds is 1. The van der Waals surface area contributed by atoms with Gasteiger partial charge in [0.25, 0.3) is 6.43 Å². The molecular weight excluding hydrogens is 346 g/mol. The summed E-state index contributed by atoms with van der Waals surface area (Å²) in [6, 6.07) is 1.66. The third-order valence-electron chi connectivity index (χ3n) is 1.64. The number of hydrogen-bond acceptors (Lipinski definition) is 2. The molecule has 0 bridgehead atoms. The van der Waals surface area contributed by atoms with Crippen LogP contribution in [0.2, 0.25) is 0 Å². The molecule has 0 aliphatic heterocycles. The topological polar surface area (TPSA) is 36.7 Å². The first-order valence-corrected chi connectivity index (χ1v) is 4.81. The minimum Gasteiger partial charge on any atom is -0.239 e. The third-order valence-corrected chi connectivity index (χ3v) is 2.46. The fourth-order valence-electron chi connectivity index (χ4n) is 0.959. The maximum atomic E-state index is 12.4. The predicted octanol–water partition coefficient (Wildman–Crippen LogP) is 3.51. The SMILES string of the molecule is N#Cc1cc(C(F)(F)F)c(I)nc1C(F)F. The first-order chi connectivity index (χ1) is 7.27. The standard InChI is InChI=1S/C8H2F5IN2/c9-6(10)5-3(2-15)1-4(7(14)16-5)8(11,12)13/h1,6H. The largest absolute Gasteiger partial charge is 0.418 e. The molecule has 1 aromatic rings. The van der Waals surface area contributed by atoms with Crippen LogP contribution in [-0.2, 0) is 6.18 Å². The van der Waals surface area contributed by atoms with Crippen molar-refractivity contribution in [3.05, 3.63) is 26.6 Å². The average molecular weight is 348 g/mol. The van der Waals surface area contributed by atoms with Gasteiger partial charge in [0, 0.05) is 0 Å². The normalized spacial score (nSPS) is 11.6. The highest BCUT2D eigenvalue weighted by molar-refractivity contribution is 14.1. The highest BCUT2D eigenvalue weighted by atomic mass is 127. The van der Waals surface area contributed by atoms with Crippen LogP contribution in [0.15, 0.2) is 6.07 Å². The molecule has 0 aliphatic rings. The van der Waals surface area contributed by atoms with Gasteiger partial charge in [-0.3, -0.25) is 0 Å². The molecule has 16 heavy (non-hydrogen) atoms. The molecule has 0 fully saturated rings. The molecule has 86 valence electrons.